The van der Waals surface area contributed by atoms with E-state index in [1.54, 1.807) is 12.1 Å². The van der Waals surface area contributed by atoms with Crippen molar-refractivity contribution in [3.8, 4) is 5.75 Å². The summed E-state index contributed by atoms with van der Waals surface area (Å²) in [6.07, 6.45) is 3.70. The Morgan fingerprint density at radius 2 is 2.07 bits per heavy atom. The molecule has 3 rings (SSSR count). The SMILES string of the molecule is COC(=O)c1c(NC(=O)c2cc(Br)ccc2OCCC(C)C)sc2c1CCC2. The fraction of sp³-hybridized carbons (Fsp3) is 0.429. The monoisotopic (exact) mass is 465 g/mol. The molecule has 0 spiro atoms. The topological polar surface area (TPSA) is 64.6 Å². The van der Waals surface area contributed by atoms with E-state index in [1.165, 1.54) is 18.4 Å². The van der Waals surface area contributed by atoms with Crippen LogP contribution < -0.4 is 10.1 Å². The van der Waals surface area contributed by atoms with Crippen LogP contribution in [0.2, 0.25) is 0 Å². The van der Waals surface area contributed by atoms with Crippen LogP contribution in [0.5, 0.6) is 5.75 Å². The van der Waals surface area contributed by atoms with Crippen LogP contribution >= 0.6 is 27.3 Å². The quantitative estimate of drug-likeness (QED) is 0.551. The highest BCUT2D eigenvalue weighted by Crippen LogP contribution is 2.40. The molecule has 0 radical (unpaired) electrons. The molecule has 0 aliphatic heterocycles. The third-order valence-electron chi connectivity index (χ3n) is 4.68. The number of carbonyl (C=O) groups excluding carboxylic acids is 2. The van der Waals surface area contributed by atoms with Crippen LogP contribution in [0.4, 0.5) is 5.00 Å². The van der Waals surface area contributed by atoms with Gasteiger partial charge in [-0.05, 0) is 55.4 Å². The number of halogens is 1. The lowest BCUT2D eigenvalue weighted by Gasteiger charge is -2.13. The highest BCUT2D eigenvalue weighted by atomic mass is 79.9. The summed E-state index contributed by atoms with van der Waals surface area (Å²) in [6, 6.07) is 5.37. The molecule has 0 saturated heterocycles. The number of thiophene rings is 1. The molecule has 150 valence electrons. The summed E-state index contributed by atoms with van der Waals surface area (Å²) in [4.78, 5) is 26.5. The maximum Gasteiger partial charge on any atom is 0.341 e. The lowest BCUT2D eigenvalue weighted by atomic mass is 10.1. The number of hydrogen-bond acceptors (Lipinski definition) is 5. The lowest BCUT2D eigenvalue weighted by molar-refractivity contribution is 0.0601. The van der Waals surface area contributed by atoms with Gasteiger partial charge in [-0.25, -0.2) is 4.79 Å². The number of amides is 1. The number of methoxy groups -OCH3 is 1. The molecule has 5 nitrogen and oxygen atoms in total. The Balaban J connectivity index is 1.86. The van der Waals surface area contributed by atoms with Gasteiger partial charge in [-0.3, -0.25) is 4.79 Å². The number of hydrogen-bond donors (Lipinski definition) is 1. The molecule has 1 amide bonds. The second-order valence-corrected chi connectivity index (χ2v) is 9.20. The van der Waals surface area contributed by atoms with E-state index in [0.717, 1.165) is 40.6 Å². The summed E-state index contributed by atoms with van der Waals surface area (Å²) in [5.41, 5.74) is 1.93. The Bertz CT molecular complexity index is 891. The van der Waals surface area contributed by atoms with Gasteiger partial charge in [0.05, 0.1) is 24.8 Å². The maximum atomic E-state index is 13.0. The Hall–Kier alpha value is -1.86. The molecule has 1 aliphatic carbocycles. The Labute approximate surface area is 177 Å². The minimum absolute atomic E-state index is 0.300. The predicted molar refractivity (Wildman–Crippen MR) is 115 cm³/mol. The number of benzene rings is 1. The number of aryl methyl sites for hydroxylation is 1. The molecule has 1 heterocycles. The molecule has 0 bridgehead atoms. The van der Waals surface area contributed by atoms with Gasteiger partial charge in [0.1, 0.15) is 10.8 Å². The van der Waals surface area contributed by atoms with Gasteiger partial charge in [0.15, 0.2) is 0 Å². The van der Waals surface area contributed by atoms with Gasteiger partial charge in [-0.2, -0.15) is 0 Å². The van der Waals surface area contributed by atoms with E-state index in [4.69, 9.17) is 9.47 Å². The van der Waals surface area contributed by atoms with Crippen molar-refractivity contribution < 1.29 is 19.1 Å². The fourth-order valence-electron chi connectivity index (χ4n) is 3.19. The zero-order valence-electron chi connectivity index (χ0n) is 16.3. The molecular weight excluding hydrogens is 442 g/mol. The largest absolute Gasteiger partial charge is 0.493 e. The third-order valence-corrected chi connectivity index (χ3v) is 6.38. The summed E-state index contributed by atoms with van der Waals surface area (Å²) in [6.45, 7) is 4.80. The van der Waals surface area contributed by atoms with Crippen LogP contribution in [0.3, 0.4) is 0 Å². The third kappa shape index (κ3) is 4.58. The molecule has 2 aromatic rings. The molecule has 0 unspecified atom stereocenters. The second-order valence-electron chi connectivity index (χ2n) is 7.18. The average molecular weight is 466 g/mol. The van der Waals surface area contributed by atoms with Gasteiger partial charge in [0, 0.05) is 9.35 Å². The van der Waals surface area contributed by atoms with E-state index in [0.29, 0.717) is 34.4 Å². The first-order valence-corrected chi connectivity index (χ1v) is 11.0. The Morgan fingerprint density at radius 3 is 2.79 bits per heavy atom. The van der Waals surface area contributed by atoms with Crippen molar-refractivity contribution in [2.24, 2.45) is 5.92 Å². The van der Waals surface area contributed by atoms with Crippen molar-refractivity contribution in [3.05, 3.63) is 44.2 Å². The Kier molecular flexibility index (Phi) is 6.78. The number of rotatable bonds is 7. The summed E-state index contributed by atoms with van der Waals surface area (Å²) >= 11 is 4.88. The normalized spacial score (nSPS) is 12.8. The van der Waals surface area contributed by atoms with Gasteiger partial charge in [-0.1, -0.05) is 29.8 Å². The standard InChI is InChI=1S/C21H24BrNO4S/c1-12(2)9-10-27-16-8-7-13(22)11-15(16)19(24)23-20-18(21(25)26-3)14-5-4-6-17(14)28-20/h7-8,11-12H,4-6,9-10H2,1-3H3,(H,23,24). The van der Waals surface area contributed by atoms with E-state index < -0.39 is 5.97 Å². The number of anilines is 1. The average Bonchev–Trinajstić information content (AvgIpc) is 3.22. The second kappa shape index (κ2) is 9.09. The molecule has 28 heavy (non-hydrogen) atoms. The van der Waals surface area contributed by atoms with Gasteiger partial charge in [0.25, 0.3) is 5.91 Å². The minimum Gasteiger partial charge on any atom is -0.493 e. The molecule has 0 saturated carbocycles. The molecule has 0 fully saturated rings. The van der Waals surface area contributed by atoms with Crippen LogP contribution in [-0.4, -0.2) is 25.6 Å². The van der Waals surface area contributed by atoms with E-state index in [2.05, 4.69) is 35.1 Å². The molecule has 1 aromatic carbocycles. The van der Waals surface area contributed by atoms with Crippen molar-refractivity contribution in [3.63, 3.8) is 0 Å². The number of esters is 1. The van der Waals surface area contributed by atoms with Crippen LogP contribution in [-0.2, 0) is 17.6 Å². The van der Waals surface area contributed by atoms with Gasteiger partial charge >= 0.3 is 5.97 Å². The zero-order chi connectivity index (χ0) is 20.3. The molecule has 1 aromatic heterocycles. The summed E-state index contributed by atoms with van der Waals surface area (Å²) in [7, 11) is 1.36. The minimum atomic E-state index is -0.405. The van der Waals surface area contributed by atoms with E-state index in [9.17, 15) is 9.59 Å². The molecule has 1 aliphatic rings. The van der Waals surface area contributed by atoms with Crippen molar-refractivity contribution in [2.75, 3.05) is 19.0 Å². The van der Waals surface area contributed by atoms with Crippen molar-refractivity contribution in [2.45, 2.75) is 39.5 Å². The maximum absolute atomic E-state index is 13.0. The lowest BCUT2D eigenvalue weighted by Crippen LogP contribution is -2.16. The molecule has 1 N–H and O–H groups in total. The highest BCUT2D eigenvalue weighted by Gasteiger charge is 2.28. The van der Waals surface area contributed by atoms with E-state index in [-0.39, 0.29) is 5.91 Å². The highest BCUT2D eigenvalue weighted by molar-refractivity contribution is 9.10. The molecular formula is C21H24BrNO4S. The van der Waals surface area contributed by atoms with Crippen LogP contribution in [0.25, 0.3) is 0 Å². The first-order valence-electron chi connectivity index (χ1n) is 9.37. The van der Waals surface area contributed by atoms with E-state index >= 15 is 0 Å². The van der Waals surface area contributed by atoms with E-state index in [1.807, 2.05) is 6.07 Å². The van der Waals surface area contributed by atoms with Crippen molar-refractivity contribution in [1.82, 2.24) is 0 Å². The molecule has 7 heteroatoms. The first kappa shape index (κ1) is 20.9. The van der Waals surface area contributed by atoms with Gasteiger partial charge < -0.3 is 14.8 Å². The molecule has 0 atom stereocenters. The summed E-state index contributed by atoms with van der Waals surface area (Å²) in [5, 5.41) is 3.47. The number of ether oxygens (including phenoxy) is 2. The number of fused-ring (bicyclic) bond motifs is 1. The Morgan fingerprint density at radius 1 is 1.29 bits per heavy atom. The summed E-state index contributed by atoms with van der Waals surface area (Å²) in [5.74, 6) is 0.345. The first-order chi connectivity index (χ1) is 13.4. The van der Waals surface area contributed by atoms with Crippen LogP contribution in [0.15, 0.2) is 22.7 Å². The predicted octanol–water partition coefficient (Wildman–Crippen LogP) is 5.46. The van der Waals surface area contributed by atoms with Crippen molar-refractivity contribution in [1.29, 1.82) is 0 Å². The number of nitrogens with one attached hydrogen (secondary N) is 1. The fourth-order valence-corrected chi connectivity index (χ4v) is 4.82. The van der Waals surface area contributed by atoms with Crippen LogP contribution in [0.1, 0.15) is 57.8 Å². The van der Waals surface area contributed by atoms with Gasteiger partial charge in [-0.15, -0.1) is 11.3 Å². The number of carbonyl (C=O) groups is 2. The van der Waals surface area contributed by atoms with Crippen molar-refractivity contribution >= 4 is 44.1 Å². The smallest absolute Gasteiger partial charge is 0.341 e. The summed E-state index contributed by atoms with van der Waals surface area (Å²) < 4.78 is 11.6. The van der Waals surface area contributed by atoms with Gasteiger partial charge in [0.2, 0.25) is 0 Å². The van der Waals surface area contributed by atoms with Crippen LogP contribution in [0, 0.1) is 5.92 Å². The zero-order valence-corrected chi connectivity index (χ0v) is 18.7.